The Labute approximate surface area is 166 Å². The van der Waals surface area contributed by atoms with Crippen LogP contribution in [0, 0.1) is 5.92 Å². The monoisotopic (exact) mass is 398 g/mol. The summed E-state index contributed by atoms with van der Waals surface area (Å²) in [5, 5.41) is 1.72. The van der Waals surface area contributed by atoms with E-state index < -0.39 is 0 Å². The van der Waals surface area contributed by atoms with E-state index in [0.717, 1.165) is 41.2 Å². The summed E-state index contributed by atoms with van der Waals surface area (Å²) in [4.78, 5) is 20.1. The lowest BCUT2D eigenvalue weighted by atomic mass is 9.95. The van der Waals surface area contributed by atoms with E-state index in [1.807, 2.05) is 41.3 Å². The van der Waals surface area contributed by atoms with Crippen LogP contribution in [0.2, 0.25) is 5.02 Å². The quantitative estimate of drug-likeness (QED) is 0.618. The highest BCUT2D eigenvalue weighted by molar-refractivity contribution is 7.18. The first-order valence-electron chi connectivity index (χ1n) is 9.26. The summed E-state index contributed by atoms with van der Waals surface area (Å²) < 4.78 is 7.02. The number of hydrogen-bond acceptors (Lipinski definition) is 4. The van der Waals surface area contributed by atoms with Crippen LogP contribution in [0.3, 0.4) is 0 Å². The molecule has 0 saturated carbocycles. The number of carbonyl (C=O) groups is 1. The van der Waals surface area contributed by atoms with E-state index in [1.54, 1.807) is 11.3 Å². The molecule has 0 spiro atoms. The van der Waals surface area contributed by atoms with Crippen molar-refractivity contribution in [3.8, 4) is 5.75 Å². The van der Waals surface area contributed by atoms with Gasteiger partial charge in [0.2, 0.25) is 5.91 Å². The zero-order valence-electron chi connectivity index (χ0n) is 14.7. The van der Waals surface area contributed by atoms with Gasteiger partial charge in [0, 0.05) is 11.6 Å². The number of thiazole rings is 1. The van der Waals surface area contributed by atoms with E-state index in [1.165, 1.54) is 4.70 Å². The minimum absolute atomic E-state index is 0.0793. The maximum atomic E-state index is 13.3. The molecule has 2 atom stereocenters. The largest absolute Gasteiger partial charge is 0.492 e. The van der Waals surface area contributed by atoms with Gasteiger partial charge in [-0.3, -0.25) is 4.79 Å². The molecule has 6 heteroatoms. The van der Waals surface area contributed by atoms with Crippen molar-refractivity contribution in [2.75, 3.05) is 13.2 Å². The third-order valence-electron chi connectivity index (χ3n) is 5.41. The number of halogens is 1. The van der Waals surface area contributed by atoms with Crippen LogP contribution >= 0.6 is 22.9 Å². The maximum absolute atomic E-state index is 13.3. The Morgan fingerprint density at radius 1 is 1.26 bits per heavy atom. The SMILES string of the molecule is O=C([C@@H]1COc2ccc(Cl)cc2C1)N1CCC[C@@H]1c1nc2ccccc2s1. The number of rotatable bonds is 2. The molecule has 5 rings (SSSR count). The van der Waals surface area contributed by atoms with E-state index >= 15 is 0 Å². The molecule has 2 aromatic carbocycles. The van der Waals surface area contributed by atoms with E-state index in [4.69, 9.17) is 21.3 Å². The normalized spacial score (nSPS) is 21.9. The first kappa shape index (κ1) is 17.0. The van der Waals surface area contributed by atoms with Gasteiger partial charge in [0.15, 0.2) is 0 Å². The number of ether oxygens (including phenoxy) is 1. The zero-order chi connectivity index (χ0) is 18.4. The molecule has 1 fully saturated rings. The Kier molecular flexibility index (Phi) is 4.29. The van der Waals surface area contributed by atoms with Crippen LogP contribution in [-0.2, 0) is 11.2 Å². The molecule has 3 aromatic rings. The van der Waals surface area contributed by atoms with Gasteiger partial charge in [-0.1, -0.05) is 23.7 Å². The topological polar surface area (TPSA) is 42.4 Å². The summed E-state index contributed by atoms with van der Waals surface area (Å²) in [6.45, 7) is 1.22. The van der Waals surface area contributed by atoms with Gasteiger partial charge in [0.25, 0.3) is 0 Å². The molecule has 3 heterocycles. The van der Waals surface area contributed by atoms with E-state index in [9.17, 15) is 4.79 Å². The number of hydrogen-bond donors (Lipinski definition) is 0. The number of amides is 1. The van der Waals surface area contributed by atoms with Gasteiger partial charge < -0.3 is 9.64 Å². The molecule has 0 aliphatic carbocycles. The lowest BCUT2D eigenvalue weighted by Gasteiger charge is -2.31. The van der Waals surface area contributed by atoms with Crippen LogP contribution in [0.5, 0.6) is 5.75 Å². The molecule has 4 nitrogen and oxygen atoms in total. The number of likely N-dealkylation sites (tertiary alicyclic amines) is 1. The third kappa shape index (κ3) is 3.09. The van der Waals surface area contributed by atoms with Crippen molar-refractivity contribution in [2.45, 2.75) is 25.3 Å². The molecule has 0 radical (unpaired) electrons. The van der Waals surface area contributed by atoms with Gasteiger partial charge in [-0.05, 0) is 55.2 Å². The Balaban J connectivity index is 1.39. The molecule has 2 aliphatic heterocycles. The molecule has 138 valence electrons. The van der Waals surface area contributed by atoms with Crippen LogP contribution in [-0.4, -0.2) is 28.9 Å². The summed E-state index contributed by atoms with van der Waals surface area (Å²) >= 11 is 7.81. The average Bonchev–Trinajstić information content (AvgIpc) is 3.33. The lowest BCUT2D eigenvalue weighted by Crippen LogP contribution is -2.40. The number of benzene rings is 2. The number of para-hydroxylation sites is 1. The highest BCUT2D eigenvalue weighted by atomic mass is 35.5. The lowest BCUT2D eigenvalue weighted by molar-refractivity contribution is -0.137. The first-order valence-corrected chi connectivity index (χ1v) is 10.5. The van der Waals surface area contributed by atoms with Crippen molar-refractivity contribution in [2.24, 2.45) is 5.92 Å². The third-order valence-corrected chi connectivity index (χ3v) is 6.78. The second-order valence-corrected chi connectivity index (χ2v) is 8.67. The fourth-order valence-electron chi connectivity index (χ4n) is 4.08. The smallest absolute Gasteiger partial charge is 0.230 e. The van der Waals surface area contributed by atoms with Crippen LogP contribution < -0.4 is 4.74 Å². The minimum atomic E-state index is -0.161. The Morgan fingerprint density at radius 2 is 2.15 bits per heavy atom. The number of nitrogens with zero attached hydrogens (tertiary/aromatic N) is 2. The predicted molar refractivity (Wildman–Crippen MR) is 107 cm³/mol. The van der Waals surface area contributed by atoms with Gasteiger partial charge in [-0.25, -0.2) is 4.98 Å². The van der Waals surface area contributed by atoms with Crippen molar-refractivity contribution >= 4 is 39.1 Å². The number of aromatic nitrogens is 1. The number of carbonyl (C=O) groups excluding carboxylic acids is 1. The summed E-state index contributed by atoms with van der Waals surface area (Å²) in [6, 6.07) is 13.9. The molecular formula is C21H19ClN2O2S. The maximum Gasteiger partial charge on any atom is 0.230 e. The molecule has 27 heavy (non-hydrogen) atoms. The van der Waals surface area contributed by atoms with Crippen molar-refractivity contribution in [1.29, 1.82) is 0 Å². The molecular weight excluding hydrogens is 380 g/mol. The van der Waals surface area contributed by atoms with Gasteiger partial charge >= 0.3 is 0 Å². The van der Waals surface area contributed by atoms with E-state index in [-0.39, 0.29) is 17.9 Å². The minimum Gasteiger partial charge on any atom is -0.492 e. The first-order chi connectivity index (χ1) is 13.2. The summed E-state index contributed by atoms with van der Waals surface area (Å²) in [5.74, 6) is 0.848. The van der Waals surface area contributed by atoms with E-state index in [2.05, 4.69) is 6.07 Å². The molecule has 1 amide bonds. The van der Waals surface area contributed by atoms with Gasteiger partial charge in [0.05, 0.1) is 22.2 Å². The molecule has 0 N–H and O–H groups in total. The Morgan fingerprint density at radius 3 is 3.04 bits per heavy atom. The molecule has 2 aliphatic rings. The summed E-state index contributed by atoms with van der Waals surface area (Å²) in [7, 11) is 0. The van der Waals surface area contributed by atoms with Gasteiger partial charge in [0.1, 0.15) is 17.4 Å². The highest BCUT2D eigenvalue weighted by Gasteiger charge is 2.37. The van der Waals surface area contributed by atoms with Crippen molar-refractivity contribution in [3.63, 3.8) is 0 Å². The van der Waals surface area contributed by atoms with Gasteiger partial charge in [-0.2, -0.15) is 0 Å². The highest BCUT2D eigenvalue weighted by Crippen LogP contribution is 2.38. The van der Waals surface area contributed by atoms with Crippen molar-refractivity contribution < 1.29 is 9.53 Å². The fourth-order valence-corrected chi connectivity index (χ4v) is 5.39. The number of fused-ring (bicyclic) bond motifs is 2. The summed E-state index contributed by atoms with van der Waals surface area (Å²) in [6.07, 6.45) is 2.67. The molecule has 1 saturated heterocycles. The van der Waals surface area contributed by atoms with Crippen LogP contribution in [0.1, 0.15) is 29.5 Å². The fraction of sp³-hybridized carbons (Fsp3) is 0.333. The Bertz CT molecular complexity index is 985. The Hall–Kier alpha value is -2.11. The van der Waals surface area contributed by atoms with E-state index in [0.29, 0.717) is 18.1 Å². The van der Waals surface area contributed by atoms with Crippen molar-refractivity contribution in [3.05, 3.63) is 58.1 Å². The van der Waals surface area contributed by atoms with Crippen LogP contribution in [0.4, 0.5) is 0 Å². The standard InChI is InChI=1S/C21H19ClN2O2S/c22-15-7-8-18-13(11-15)10-14(12-26-18)21(25)24-9-3-5-17(24)20-23-16-4-1-2-6-19(16)27-20/h1-2,4,6-8,11,14,17H,3,5,9-10,12H2/t14-,17+/m0/s1. The van der Waals surface area contributed by atoms with Gasteiger partial charge in [-0.15, -0.1) is 11.3 Å². The van der Waals surface area contributed by atoms with Crippen LogP contribution in [0.15, 0.2) is 42.5 Å². The molecule has 0 unspecified atom stereocenters. The summed E-state index contributed by atoms with van der Waals surface area (Å²) in [5.41, 5.74) is 2.03. The predicted octanol–water partition coefficient (Wildman–Crippen LogP) is 4.86. The second-order valence-electron chi connectivity index (χ2n) is 7.17. The zero-order valence-corrected chi connectivity index (χ0v) is 16.3. The average molecular weight is 399 g/mol. The van der Waals surface area contributed by atoms with Crippen molar-refractivity contribution in [1.82, 2.24) is 9.88 Å². The molecule has 1 aromatic heterocycles. The van der Waals surface area contributed by atoms with Crippen LogP contribution in [0.25, 0.3) is 10.2 Å². The second kappa shape index (κ2) is 6.80. The molecule has 0 bridgehead atoms.